The molecule has 3 N–H and O–H groups in total. The van der Waals surface area contributed by atoms with Crippen molar-refractivity contribution in [3.05, 3.63) is 76.7 Å². The molecule has 0 bridgehead atoms. The average molecular weight is 373 g/mol. The van der Waals surface area contributed by atoms with Gasteiger partial charge in [-0.1, -0.05) is 29.8 Å². The predicted molar refractivity (Wildman–Crippen MR) is 96.8 cm³/mol. The van der Waals surface area contributed by atoms with Gasteiger partial charge in [0.05, 0.1) is 10.6 Å². The normalized spacial score (nSPS) is 10.5. The monoisotopic (exact) mass is 372 g/mol. The number of hydrogen-bond donors (Lipinski definition) is 2. The maximum atomic E-state index is 13.8. The molecule has 0 saturated carbocycles. The fourth-order valence-electron chi connectivity index (χ4n) is 2.35. The standard InChI is InChI=1S/C19H14ClFN2O3/c20-15-2-1-3-16(21)14(15)10-26-17-8-13(9-23-18(17)22)11-4-6-12(7-5-11)19(24)25/h1-9H,10H2,(H2,22,23)(H,24,25). The van der Waals surface area contributed by atoms with Gasteiger partial charge in [0.25, 0.3) is 0 Å². The van der Waals surface area contributed by atoms with Crippen LogP contribution in [-0.2, 0) is 6.61 Å². The Morgan fingerprint density at radius 3 is 2.58 bits per heavy atom. The minimum absolute atomic E-state index is 0.0984. The largest absolute Gasteiger partial charge is 0.485 e. The highest BCUT2D eigenvalue weighted by molar-refractivity contribution is 6.31. The summed E-state index contributed by atoms with van der Waals surface area (Å²) in [5, 5.41) is 9.22. The van der Waals surface area contributed by atoms with Crippen molar-refractivity contribution in [3.8, 4) is 16.9 Å². The number of hydrogen-bond acceptors (Lipinski definition) is 4. The number of aromatic carboxylic acids is 1. The number of benzene rings is 2. The average Bonchev–Trinajstić information content (AvgIpc) is 2.63. The zero-order chi connectivity index (χ0) is 18.7. The zero-order valence-corrected chi connectivity index (χ0v) is 14.2. The number of rotatable bonds is 5. The number of ether oxygens (including phenoxy) is 1. The summed E-state index contributed by atoms with van der Waals surface area (Å²) >= 11 is 5.99. The summed E-state index contributed by atoms with van der Waals surface area (Å²) in [5.41, 5.74) is 7.67. The van der Waals surface area contributed by atoms with E-state index in [2.05, 4.69) is 4.98 Å². The summed E-state index contributed by atoms with van der Waals surface area (Å²) in [7, 11) is 0. The SMILES string of the molecule is Nc1ncc(-c2ccc(C(=O)O)cc2)cc1OCc1c(F)cccc1Cl. The van der Waals surface area contributed by atoms with Crippen LogP contribution in [0.4, 0.5) is 10.2 Å². The molecule has 26 heavy (non-hydrogen) atoms. The maximum absolute atomic E-state index is 13.8. The molecule has 0 saturated heterocycles. The van der Waals surface area contributed by atoms with E-state index >= 15 is 0 Å². The predicted octanol–water partition coefficient (Wildman–Crippen LogP) is 4.40. The van der Waals surface area contributed by atoms with Crippen LogP contribution < -0.4 is 10.5 Å². The number of pyridine rings is 1. The Kier molecular flexibility index (Phi) is 5.04. The van der Waals surface area contributed by atoms with E-state index in [4.69, 9.17) is 27.2 Å². The molecule has 0 spiro atoms. The first-order valence-corrected chi connectivity index (χ1v) is 7.98. The van der Waals surface area contributed by atoms with Crippen molar-refractivity contribution in [1.29, 1.82) is 0 Å². The smallest absolute Gasteiger partial charge is 0.335 e. The van der Waals surface area contributed by atoms with Crippen molar-refractivity contribution >= 4 is 23.4 Å². The highest BCUT2D eigenvalue weighted by Crippen LogP contribution is 2.29. The molecule has 1 heterocycles. The van der Waals surface area contributed by atoms with E-state index in [1.807, 2.05) is 0 Å². The summed E-state index contributed by atoms with van der Waals surface area (Å²) < 4.78 is 19.4. The van der Waals surface area contributed by atoms with Crippen molar-refractivity contribution in [2.24, 2.45) is 0 Å². The quantitative estimate of drug-likeness (QED) is 0.693. The van der Waals surface area contributed by atoms with Crippen molar-refractivity contribution in [1.82, 2.24) is 4.98 Å². The third-order valence-corrected chi connectivity index (χ3v) is 4.13. The van der Waals surface area contributed by atoms with Crippen LogP contribution in [-0.4, -0.2) is 16.1 Å². The molecule has 2 aromatic carbocycles. The van der Waals surface area contributed by atoms with Crippen LogP contribution in [0.3, 0.4) is 0 Å². The van der Waals surface area contributed by atoms with E-state index in [1.54, 1.807) is 30.5 Å². The van der Waals surface area contributed by atoms with Gasteiger partial charge in [0, 0.05) is 17.3 Å². The third kappa shape index (κ3) is 3.75. The van der Waals surface area contributed by atoms with Gasteiger partial charge in [-0.2, -0.15) is 0 Å². The van der Waals surface area contributed by atoms with Gasteiger partial charge in [-0.15, -0.1) is 0 Å². The number of aromatic nitrogens is 1. The van der Waals surface area contributed by atoms with E-state index in [9.17, 15) is 9.18 Å². The van der Waals surface area contributed by atoms with E-state index in [0.717, 1.165) is 5.56 Å². The first-order chi connectivity index (χ1) is 12.5. The lowest BCUT2D eigenvalue weighted by Gasteiger charge is -2.12. The highest BCUT2D eigenvalue weighted by Gasteiger charge is 2.11. The lowest BCUT2D eigenvalue weighted by atomic mass is 10.1. The van der Waals surface area contributed by atoms with Crippen LogP contribution in [0, 0.1) is 5.82 Å². The van der Waals surface area contributed by atoms with Crippen molar-refractivity contribution in [2.45, 2.75) is 6.61 Å². The number of nitrogen functional groups attached to an aromatic ring is 1. The molecule has 1 aromatic heterocycles. The molecule has 0 amide bonds. The number of anilines is 1. The molecule has 0 aliphatic heterocycles. The molecule has 0 aliphatic carbocycles. The Labute approximate surface area is 153 Å². The molecule has 3 aromatic rings. The fourth-order valence-corrected chi connectivity index (χ4v) is 2.57. The Hall–Kier alpha value is -3.12. The first-order valence-electron chi connectivity index (χ1n) is 7.60. The van der Waals surface area contributed by atoms with Gasteiger partial charge in [0.15, 0.2) is 11.6 Å². The Bertz CT molecular complexity index is 941. The lowest BCUT2D eigenvalue weighted by molar-refractivity contribution is 0.0697. The van der Waals surface area contributed by atoms with E-state index in [-0.39, 0.29) is 34.3 Å². The first kappa shape index (κ1) is 17.7. The summed E-state index contributed by atoms with van der Waals surface area (Å²) in [4.78, 5) is 15.0. The molecule has 5 nitrogen and oxygen atoms in total. The molecule has 0 atom stereocenters. The molecule has 0 unspecified atom stereocenters. The van der Waals surface area contributed by atoms with Crippen molar-refractivity contribution < 1.29 is 19.0 Å². The van der Waals surface area contributed by atoms with Crippen LogP contribution in [0.1, 0.15) is 15.9 Å². The summed E-state index contributed by atoms with van der Waals surface area (Å²) in [6.45, 7) is -0.0984. The number of carbonyl (C=O) groups is 1. The van der Waals surface area contributed by atoms with Crippen LogP contribution in [0.25, 0.3) is 11.1 Å². The lowest BCUT2D eigenvalue weighted by Crippen LogP contribution is -2.03. The summed E-state index contributed by atoms with van der Waals surface area (Å²) in [6.07, 6.45) is 1.55. The van der Waals surface area contributed by atoms with Gasteiger partial charge in [0.1, 0.15) is 12.4 Å². The minimum atomic E-state index is -1.00. The molecule has 7 heteroatoms. The van der Waals surface area contributed by atoms with Crippen LogP contribution in [0.2, 0.25) is 5.02 Å². The van der Waals surface area contributed by atoms with Gasteiger partial charge in [-0.05, 0) is 35.9 Å². The number of carboxylic acids is 1. The Balaban J connectivity index is 1.85. The van der Waals surface area contributed by atoms with Crippen LogP contribution in [0.15, 0.2) is 54.7 Å². The molecular weight excluding hydrogens is 359 g/mol. The molecule has 0 aliphatic rings. The van der Waals surface area contributed by atoms with Gasteiger partial charge < -0.3 is 15.6 Å². The summed E-state index contributed by atoms with van der Waals surface area (Å²) in [6, 6.07) is 12.4. The van der Waals surface area contributed by atoms with Gasteiger partial charge in [0.2, 0.25) is 0 Å². The topological polar surface area (TPSA) is 85.4 Å². The van der Waals surface area contributed by atoms with E-state index in [1.165, 1.54) is 24.3 Å². The molecule has 0 fully saturated rings. The molecule has 3 rings (SSSR count). The number of carboxylic acid groups (broad SMARTS) is 1. The molecule has 132 valence electrons. The van der Waals surface area contributed by atoms with Crippen LogP contribution in [0.5, 0.6) is 5.75 Å². The Morgan fingerprint density at radius 1 is 1.19 bits per heavy atom. The van der Waals surface area contributed by atoms with Gasteiger partial charge >= 0.3 is 5.97 Å². The van der Waals surface area contributed by atoms with Crippen molar-refractivity contribution in [2.75, 3.05) is 5.73 Å². The van der Waals surface area contributed by atoms with E-state index < -0.39 is 11.8 Å². The second-order valence-electron chi connectivity index (χ2n) is 5.48. The molecule has 0 radical (unpaired) electrons. The Morgan fingerprint density at radius 2 is 1.92 bits per heavy atom. The molecular formula is C19H14ClFN2O3. The number of nitrogens with two attached hydrogens (primary N) is 1. The van der Waals surface area contributed by atoms with Gasteiger partial charge in [-0.3, -0.25) is 0 Å². The minimum Gasteiger partial charge on any atom is -0.485 e. The fraction of sp³-hybridized carbons (Fsp3) is 0.0526. The van der Waals surface area contributed by atoms with Crippen molar-refractivity contribution in [3.63, 3.8) is 0 Å². The second kappa shape index (κ2) is 7.41. The summed E-state index contributed by atoms with van der Waals surface area (Å²) in [5.74, 6) is -1.03. The zero-order valence-electron chi connectivity index (χ0n) is 13.4. The number of halogens is 2. The van der Waals surface area contributed by atoms with E-state index in [0.29, 0.717) is 5.56 Å². The number of nitrogens with zero attached hydrogens (tertiary/aromatic N) is 1. The third-order valence-electron chi connectivity index (χ3n) is 3.78. The van der Waals surface area contributed by atoms with Crippen LogP contribution >= 0.6 is 11.6 Å². The highest BCUT2D eigenvalue weighted by atomic mass is 35.5. The van der Waals surface area contributed by atoms with Gasteiger partial charge in [-0.25, -0.2) is 14.2 Å². The maximum Gasteiger partial charge on any atom is 0.335 e. The second-order valence-corrected chi connectivity index (χ2v) is 5.89.